The molecule has 1 N–H and O–H groups in total. The number of likely N-dealkylation sites (tertiary alicyclic amines) is 1. The predicted octanol–water partition coefficient (Wildman–Crippen LogP) is 5.49. The molecule has 1 saturated heterocycles. The number of amides is 1. The van der Waals surface area contributed by atoms with Gasteiger partial charge in [0.25, 0.3) is 5.91 Å². The molecule has 0 saturated carbocycles. The summed E-state index contributed by atoms with van der Waals surface area (Å²) in [4.78, 5) is 15.4. The van der Waals surface area contributed by atoms with Gasteiger partial charge in [0.05, 0.1) is 10.6 Å². The molecule has 8 heteroatoms. The molecule has 162 valence electrons. The first-order chi connectivity index (χ1) is 14.9. The smallest absolute Gasteiger partial charge is 0.257 e. The third-order valence-electron chi connectivity index (χ3n) is 5.53. The van der Waals surface area contributed by atoms with Crippen LogP contribution in [-0.2, 0) is 6.54 Å². The lowest BCUT2D eigenvalue weighted by atomic mass is 10.0. The molecule has 4 rings (SSSR count). The van der Waals surface area contributed by atoms with Crippen LogP contribution in [0.15, 0.2) is 47.0 Å². The van der Waals surface area contributed by atoms with E-state index in [1.54, 1.807) is 13.0 Å². The van der Waals surface area contributed by atoms with E-state index >= 15 is 0 Å². The van der Waals surface area contributed by atoms with Crippen molar-refractivity contribution in [2.75, 3.05) is 13.1 Å². The van der Waals surface area contributed by atoms with Crippen molar-refractivity contribution < 1.29 is 13.7 Å². The lowest BCUT2D eigenvalue weighted by molar-refractivity contribution is 0.0908. The van der Waals surface area contributed by atoms with Crippen LogP contribution >= 0.6 is 23.2 Å². The van der Waals surface area contributed by atoms with Crippen molar-refractivity contribution in [2.45, 2.75) is 32.4 Å². The number of benzene rings is 2. The summed E-state index contributed by atoms with van der Waals surface area (Å²) in [5, 5.41) is 7.87. The van der Waals surface area contributed by atoms with E-state index in [1.807, 2.05) is 24.3 Å². The summed E-state index contributed by atoms with van der Waals surface area (Å²) in [7, 11) is 0. The van der Waals surface area contributed by atoms with E-state index in [0.717, 1.165) is 37.5 Å². The topological polar surface area (TPSA) is 58.4 Å². The highest BCUT2D eigenvalue weighted by atomic mass is 35.5. The lowest BCUT2D eigenvalue weighted by Gasteiger charge is -2.32. The Hall–Kier alpha value is -2.41. The van der Waals surface area contributed by atoms with E-state index in [1.165, 1.54) is 17.7 Å². The molecule has 2 heterocycles. The fourth-order valence-electron chi connectivity index (χ4n) is 3.88. The van der Waals surface area contributed by atoms with E-state index in [9.17, 15) is 9.18 Å². The van der Waals surface area contributed by atoms with Crippen LogP contribution in [0.4, 0.5) is 4.39 Å². The van der Waals surface area contributed by atoms with Crippen molar-refractivity contribution >= 4 is 29.1 Å². The normalized spacial score (nSPS) is 15.2. The van der Waals surface area contributed by atoms with Crippen molar-refractivity contribution in [3.63, 3.8) is 0 Å². The maximum atomic E-state index is 14.4. The maximum Gasteiger partial charge on any atom is 0.257 e. The minimum atomic E-state index is -0.551. The van der Waals surface area contributed by atoms with Gasteiger partial charge in [-0.05, 0) is 49.6 Å². The Labute approximate surface area is 190 Å². The molecule has 0 aliphatic carbocycles. The van der Waals surface area contributed by atoms with Crippen molar-refractivity contribution in [1.29, 1.82) is 0 Å². The van der Waals surface area contributed by atoms with Crippen molar-refractivity contribution in [3.05, 3.63) is 75.2 Å². The molecule has 0 atom stereocenters. The van der Waals surface area contributed by atoms with E-state index in [4.69, 9.17) is 27.7 Å². The zero-order chi connectivity index (χ0) is 22.0. The standard InChI is InChI=1S/C23H22Cl2FN3O2/c1-14-20(22(28-31-14)21-18(25)3-2-4-19(21)26)23(30)27-17-9-11-29(12-10-17)13-15-5-7-16(24)8-6-15/h2-8,17H,9-13H2,1H3,(H,27,30). The molecule has 0 bridgehead atoms. The first-order valence-electron chi connectivity index (χ1n) is 10.1. The summed E-state index contributed by atoms with van der Waals surface area (Å²) in [6.45, 7) is 4.21. The Morgan fingerprint density at radius 2 is 1.90 bits per heavy atom. The number of nitrogens with one attached hydrogen (secondary N) is 1. The van der Waals surface area contributed by atoms with Gasteiger partial charge in [-0.1, -0.05) is 46.6 Å². The van der Waals surface area contributed by atoms with Crippen molar-refractivity contribution in [2.24, 2.45) is 0 Å². The van der Waals surface area contributed by atoms with Crippen LogP contribution in [0, 0.1) is 12.7 Å². The van der Waals surface area contributed by atoms with Crippen LogP contribution in [-0.4, -0.2) is 35.1 Å². The van der Waals surface area contributed by atoms with Gasteiger partial charge < -0.3 is 9.84 Å². The highest BCUT2D eigenvalue weighted by Crippen LogP contribution is 2.33. The molecule has 31 heavy (non-hydrogen) atoms. The first-order valence-corrected chi connectivity index (χ1v) is 10.9. The number of carbonyl (C=O) groups excluding carboxylic acids is 1. The maximum absolute atomic E-state index is 14.4. The second-order valence-electron chi connectivity index (χ2n) is 7.71. The highest BCUT2D eigenvalue weighted by molar-refractivity contribution is 6.33. The van der Waals surface area contributed by atoms with Crippen LogP contribution in [0.5, 0.6) is 0 Å². The van der Waals surface area contributed by atoms with Gasteiger partial charge in [0.1, 0.15) is 22.8 Å². The molecule has 1 amide bonds. The average Bonchev–Trinajstić information content (AvgIpc) is 3.12. The molecule has 1 fully saturated rings. The van der Waals surface area contributed by atoms with Gasteiger partial charge in [0, 0.05) is 30.7 Å². The van der Waals surface area contributed by atoms with Crippen LogP contribution < -0.4 is 5.32 Å². The minimum Gasteiger partial charge on any atom is -0.360 e. The molecule has 0 radical (unpaired) electrons. The van der Waals surface area contributed by atoms with Crippen molar-refractivity contribution in [3.8, 4) is 11.3 Å². The van der Waals surface area contributed by atoms with Gasteiger partial charge in [0.15, 0.2) is 0 Å². The van der Waals surface area contributed by atoms with Crippen LogP contribution in [0.1, 0.15) is 34.5 Å². The zero-order valence-corrected chi connectivity index (χ0v) is 18.5. The van der Waals surface area contributed by atoms with E-state index in [2.05, 4.69) is 15.4 Å². The van der Waals surface area contributed by atoms with Gasteiger partial charge in [-0.3, -0.25) is 9.69 Å². The van der Waals surface area contributed by atoms with E-state index in [-0.39, 0.29) is 33.8 Å². The number of piperidine rings is 1. The Kier molecular flexibility index (Phi) is 6.60. The monoisotopic (exact) mass is 461 g/mol. The quantitative estimate of drug-likeness (QED) is 0.545. The summed E-state index contributed by atoms with van der Waals surface area (Å²) < 4.78 is 19.6. The molecule has 2 aromatic carbocycles. The molecule has 0 spiro atoms. The number of aromatic nitrogens is 1. The van der Waals surface area contributed by atoms with Gasteiger partial charge in [-0.25, -0.2) is 4.39 Å². The average molecular weight is 462 g/mol. The van der Waals surface area contributed by atoms with E-state index < -0.39 is 5.82 Å². The number of aryl methyl sites for hydroxylation is 1. The predicted molar refractivity (Wildman–Crippen MR) is 119 cm³/mol. The van der Waals surface area contributed by atoms with Crippen LogP contribution in [0.2, 0.25) is 10.0 Å². The second kappa shape index (κ2) is 9.39. The Balaban J connectivity index is 1.41. The number of hydrogen-bond acceptors (Lipinski definition) is 4. The third kappa shape index (κ3) is 4.92. The minimum absolute atomic E-state index is 0.0206. The molecular weight excluding hydrogens is 440 g/mol. The highest BCUT2D eigenvalue weighted by Gasteiger charge is 2.28. The molecule has 1 aromatic heterocycles. The SMILES string of the molecule is Cc1onc(-c2c(F)cccc2Cl)c1C(=O)NC1CCN(Cc2ccc(Cl)cc2)CC1. The summed E-state index contributed by atoms with van der Waals surface area (Å²) in [6.07, 6.45) is 1.64. The van der Waals surface area contributed by atoms with Gasteiger partial charge >= 0.3 is 0 Å². The summed E-state index contributed by atoms with van der Waals surface area (Å²) >= 11 is 12.1. The van der Waals surface area contributed by atoms with Gasteiger partial charge in [0.2, 0.25) is 0 Å². The number of hydrogen-bond donors (Lipinski definition) is 1. The molecular formula is C23H22Cl2FN3O2. The summed E-state index contributed by atoms with van der Waals surface area (Å²) in [5.74, 6) is -0.554. The lowest BCUT2D eigenvalue weighted by Crippen LogP contribution is -2.44. The van der Waals surface area contributed by atoms with Crippen molar-refractivity contribution in [1.82, 2.24) is 15.4 Å². The number of nitrogens with zero attached hydrogens (tertiary/aromatic N) is 2. The number of halogens is 3. The zero-order valence-electron chi connectivity index (χ0n) is 17.0. The summed E-state index contributed by atoms with van der Waals surface area (Å²) in [6, 6.07) is 12.2. The third-order valence-corrected chi connectivity index (χ3v) is 6.10. The summed E-state index contributed by atoms with van der Waals surface area (Å²) in [5.41, 5.74) is 1.62. The fraction of sp³-hybridized carbons (Fsp3) is 0.304. The molecule has 5 nitrogen and oxygen atoms in total. The molecule has 3 aromatic rings. The Morgan fingerprint density at radius 3 is 2.58 bits per heavy atom. The molecule has 1 aliphatic heterocycles. The largest absolute Gasteiger partial charge is 0.360 e. The Morgan fingerprint density at radius 1 is 1.19 bits per heavy atom. The van der Waals surface area contributed by atoms with Crippen LogP contribution in [0.3, 0.4) is 0 Å². The fourth-order valence-corrected chi connectivity index (χ4v) is 4.25. The van der Waals surface area contributed by atoms with Gasteiger partial charge in [-0.2, -0.15) is 0 Å². The van der Waals surface area contributed by atoms with Crippen LogP contribution in [0.25, 0.3) is 11.3 Å². The Bertz CT molecular complexity index is 1060. The number of rotatable bonds is 5. The molecule has 1 aliphatic rings. The molecule has 0 unspecified atom stereocenters. The van der Waals surface area contributed by atoms with E-state index in [0.29, 0.717) is 5.76 Å². The second-order valence-corrected chi connectivity index (χ2v) is 8.55. The first kappa shape index (κ1) is 21.8. The van der Waals surface area contributed by atoms with Gasteiger partial charge in [-0.15, -0.1) is 0 Å². The number of carbonyl (C=O) groups is 1.